The average molecular weight is 457 g/mol. The first-order chi connectivity index (χ1) is 16.3. The summed E-state index contributed by atoms with van der Waals surface area (Å²) in [7, 11) is 1.79. The fraction of sp³-hybridized carbons (Fsp3) is 0.296. The van der Waals surface area contributed by atoms with E-state index in [4.69, 9.17) is 4.52 Å². The summed E-state index contributed by atoms with van der Waals surface area (Å²) < 4.78 is 8.92. The molecule has 2 aromatic carbocycles. The molecule has 1 aliphatic carbocycles. The van der Waals surface area contributed by atoms with Crippen LogP contribution >= 0.6 is 0 Å². The highest BCUT2D eigenvalue weighted by atomic mass is 16.5. The Kier molecular flexibility index (Phi) is 5.48. The molecule has 174 valence electrons. The van der Waals surface area contributed by atoms with Gasteiger partial charge in [0.25, 0.3) is 11.5 Å². The van der Waals surface area contributed by atoms with Crippen LogP contribution in [0.4, 0.5) is 5.69 Å². The van der Waals surface area contributed by atoms with E-state index >= 15 is 0 Å². The van der Waals surface area contributed by atoms with Crippen LogP contribution in [0.3, 0.4) is 0 Å². The highest BCUT2D eigenvalue weighted by Gasteiger charge is 2.29. The molecule has 0 saturated carbocycles. The highest BCUT2D eigenvalue weighted by Crippen LogP contribution is 2.36. The quantitative estimate of drug-likeness (QED) is 0.472. The van der Waals surface area contributed by atoms with Crippen molar-refractivity contribution in [2.45, 2.75) is 40.0 Å². The van der Waals surface area contributed by atoms with Crippen molar-refractivity contribution >= 4 is 11.6 Å². The number of fused-ring (bicyclic) bond motifs is 3. The van der Waals surface area contributed by atoms with E-state index in [9.17, 15) is 9.59 Å². The van der Waals surface area contributed by atoms with Crippen molar-refractivity contribution in [2.24, 2.45) is 13.0 Å². The molecule has 1 N–H and O–H groups in total. The second kappa shape index (κ2) is 8.48. The van der Waals surface area contributed by atoms with Crippen LogP contribution < -0.4 is 10.9 Å². The molecule has 34 heavy (non-hydrogen) atoms. The molecule has 1 amide bonds. The molecule has 0 aliphatic heterocycles. The molecule has 7 nitrogen and oxygen atoms in total. The van der Waals surface area contributed by atoms with E-state index in [0.717, 1.165) is 29.7 Å². The number of hydrogen-bond donors (Lipinski definition) is 1. The van der Waals surface area contributed by atoms with E-state index in [0.29, 0.717) is 23.8 Å². The zero-order chi connectivity index (χ0) is 24.0. The van der Waals surface area contributed by atoms with Gasteiger partial charge >= 0.3 is 0 Å². The number of para-hydroxylation sites is 1. The molecule has 7 heteroatoms. The molecular weight excluding hydrogens is 428 g/mol. The van der Waals surface area contributed by atoms with Gasteiger partial charge in [0.05, 0.1) is 11.4 Å². The normalized spacial score (nSPS) is 12.5. The number of benzene rings is 2. The lowest BCUT2D eigenvalue weighted by molar-refractivity contribution is 0.101. The van der Waals surface area contributed by atoms with Crippen LogP contribution in [0, 0.1) is 12.8 Å². The molecule has 5 rings (SSSR count). The topological polar surface area (TPSA) is 82.1 Å². The minimum absolute atomic E-state index is 0.237. The largest absolute Gasteiger partial charge is 0.355 e. The van der Waals surface area contributed by atoms with E-state index < -0.39 is 5.91 Å². The van der Waals surface area contributed by atoms with Crippen molar-refractivity contribution in [3.63, 3.8) is 0 Å². The van der Waals surface area contributed by atoms with Gasteiger partial charge in [-0.1, -0.05) is 55.4 Å². The fourth-order valence-corrected chi connectivity index (χ4v) is 4.75. The van der Waals surface area contributed by atoms with Crippen LogP contribution in [0.15, 0.2) is 57.8 Å². The number of carbonyl (C=O) groups excluding carboxylic acids is 1. The Labute approximate surface area is 198 Å². The molecular formula is C27H28N4O3. The van der Waals surface area contributed by atoms with Gasteiger partial charge in [0.1, 0.15) is 5.69 Å². The average Bonchev–Trinajstić information content (AvgIpc) is 3.34. The van der Waals surface area contributed by atoms with Gasteiger partial charge in [-0.3, -0.25) is 14.3 Å². The summed E-state index contributed by atoms with van der Waals surface area (Å²) in [5.41, 5.74) is 5.88. The van der Waals surface area contributed by atoms with Crippen molar-refractivity contribution in [1.29, 1.82) is 0 Å². The third-order valence-electron chi connectivity index (χ3n) is 6.50. The van der Waals surface area contributed by atoms with Crippen LogP contribution in [-0.4, -0.2) is 20.4 Å². The Bertz CT molecular complexity index is 1440. The Hall–Kier alpha value is -3.87. The maximum Gasteiger partial charge on any atom is 0.295 e. The molecule has 1 aliphatic rings. The van der Waals surface area contributed by atoms with Gasteiger partial charge in [-0.15, -0.1) is 0 Å². The van der Waals surface area contributed by atoms with Crippen molar-refractivity contribution in [3.05, 3.63) is 87.0 Å². The molecule has 2 heterocycles. The molecule has 2 aromatic heterocycles. The van der Waals surface area contributed by atoms with E-state index in [1.807, 2.05) is 30.3 Å². The second-order valence-corrected chi connectivity index (χ2v) is 9.32. The number of anilines is 1. The van der Waals surface area contributed by atoms with Gasteiger partial charge < -0.3 is 9.84 Å². The SMILES string of the molecule is Cc1c(NC(=O)c2noc3c2CCc2cc(CC(C)C)ccc2-3)c(=O)n(-c2ccccc2)n1C. The van der Waals surface area contributed by atoms with Gasteiger partial charge in [-0.25, -0.2) is 4.68 Å². The number of carbonyl (C=O) groups is 1. The number of amides is 1. The summed E-state index contributed by atoms with van der Waals surface area (Å²) in [6, 6.07) is 15.8. The van der Waals surface area contributed by atoms with Gasteiger partial charge in [0, 0.05) is 18.2 Å². The predicted molar refractivity (Wildman–Crippen MR) is 132 cm³/mol. The second-order valence-electron chi connectivity index (χ2n) is 9.32. The zero-order valence-electron chi connectivity index (χ0n) is 19.9. The lowest BCUT2D eigenvalue weighted by Gasteiger charge is -2.16. The van der Waals surface area contributed by atoms with Gasteiger partial charge in [-0.2, -0.15) is 0 Å². The van der Waals surface area contributed by atoms with Crippen LogP contribution in [-0.2, 0) is 26.3 Å². The van der Waals surface area contributed by atoms with Crippen LogP contribution in [0.25, 0.3) is 17.0 Å². The number of aryl methyl sites for hydroxylation is 1. The highest BCUT2D eigenvalue weighted by molar-refractivity contribution is 6.05. The molecule has 4 aromatic rings. The zero-order valence-corrected chi connectivity index (χ0v) is 19.9. The van der Waals surface area contributed by atoms with Crippen molar-refractivity contribution < 1.29 is 9.32 Å². The van der Waals surface area contributed by atoms with E-state index in [1.165, 1.54) is 15.8 Å². The van der Waals surface area contributed by atoms with Crippen molar-refractivity contribution in [2.75, 3.05) is 5.32 Å². The first-order valence-electron chi connectivity index (χ1n) is 11.6. The lowest BCUT2D eigenvalue weighted by Crippen LogP contribution is -2.23. The smallest absolute Gasteiger partial charge is 0.295 e. The van der Waals surface area contributed by atoms with E-state index in [1.54, 1.807) is 18.7 Å². The van der Waals surface area contributed by atoms with Gasteiger partial charge in [0.15, 0.2) is 11.5 Å². The number of hydrogen-bond acceptors (Lipinski definition) is 4. The van der Waals surface area contributed by atoms with Crippen molar-refractivity contribution in [3.8, 4) is 17.0 Å². The Morgan fingerprint density at radius 2 is 1.91 bits per heavy atom. The fourth-order valence-electron chi connectivity index (χ4n) is 4.75. The summed E-state index contributed by atoms with van der Waals surface area (Å²) in [6.45, 7) is 6.23. The number of rotatable bonds is 5. The summed E-state index contributed by atoms with van der Waals surface area (Å²) >= 11 is 0. The summed E-state index contributed by atoms with van der Waals surface area (Å²) in [5.74, 6) is 0.801. The van der Waals surface area contributed by atoms with E-state index in [-0.39, 0.29) is 16.9 Å². The standard InChI is InChI=1S/C27H28N4O3/c1-16(2)14-18-10-12-21-19(15-18)11-13-22-24(29-34-25(21)22)26(32)28-23-17(3)30(4)31(27(23)33)20-8-6-5-7-9-20/h5-10,12,15-16H,11,13-14H2,1-4H3,(H,28,32). The first kappa shape index (κ1) is 21.9. The minimum atomic E-state index is -0.434. The monoisotopic (exact) mass is 456 g/mol. The van der Waals surface area contributed by atoms with Crippen molar-refractivity contribution in [1.82, 2.24) is 14.5 Å². The molecule has 0 radical (unpaired) electrons. The maximum atomic E-state index is 13.2. The molecule has 0 bridgehead atoms. The Balaban J connectivity index is 1.46. The van der Waals surface area contributed by atoms with E-state index in [2.05, 4.69) is 42.5 Å². The number of nitrogens with one attached hydrogen (secondary N) is 1. The third kappa shape index (κ3) is 3.67. The summed E-state index contributed by atoms with van der Waals surface area (Å²) in [6.07, 6.45) is 2.52. The molecule has 0 saturated heterocycles. The first-order valence-corrected chi connectivity index (χ1v) is 11.6. The molecule has 0 unspecified atom stereocenters. The minimum Gasteiger partial charge on any atom is -0.355 e. The molecule has 0 fully saturated rings. The summed E-state index contributed by atoms with van der Waals surface area (Å²) in [4.78, 5) is 26.4. The van der Waals surface area contributed by atoms with Crippen LogP contribution in [0.5, 0.6) is 0 Å². The lowest BCUT2D eigenvalue weighted by atomic mass is 9.87. The predicted octanol–water partition coefficient (Wildman–Crippen LogP) is 4.69. The Morgan fingerprint density at radius 3 is 2.65 bits per heavy atom. The summed E-state index contributed by atoms with van der Waals surface area (Å²) in [5, 5.41) is 6.91. The number of aromatic nitrogens is 3. The van der Waals surface area contributed by atoms with Gasteiger partial charge in [-0.05, 0) is 55.4 Å². The molecule has 0 atom stereocenters. The van der Waals surface area contributed by atoms with Gasteiger partial charge in [0.2, 0.25) is 0 Å². The third-order valence-corrected chi connectivity index (χ3v) is 6.50. The maximum absolute atomic E-state index is 13.2. The number of nitrogens with zero attached hydrogens (tertiary/aromatic N) is 3. The molecule has 0 spiro atoms. The Morgan fingerprint density at radius 1 is 1.15 bits per heavy atom. The van der Waals surface area contributed by atoms with Crippen LogP contribution in [0.1, 0.15) is 46.7 Å². The van der Waals surface area contributed by atoms with Crippen LogP contribution in [0.2, 0.25) is 0 Å².